The standard InChI is InChI=1S/C9H14N2O2/c1-11-7-5-8(12-2)6(10)4-9(7)13-3/h4-5,11H,10H2,1-3H3. The molecule has 0 aliphatic heterocycles. The Kier molecular flexibility index (Phi) is 2.84. The summed E-state index contributed by atoms with van der Waals surface area (Å²) in [5, 5.41) is 2.99. The van der Waals surface area contributed by atoms with Crippen LogP contribution < -0.4 is 20.5 Å². The fraction of sp³-hybridized carbons (Fsp3) is 0.333. The van der Waals surface area contributed by atoms with Crippen LogP contribution in [-0.2, 0) is 0 Å². The Morgan fingerprint density at radius 3 is 2.23 bits per heavy atom. The molecule has 4 heteroatoms. The zero-order valence-electron chi connectivity index (χ0n) is 8.05. The number of anilines is 2. The number of nitrogens with two attached hydrogens (primary N) is 1. The van der Waals surface area contributed by atoms with Gasteiger partial charge in [0.2, 0.25) is 0 Å². The van der Waals surface area contributed by atoms with Crippen LogP contribution in [0.25, 0.3) is 0 Å². The lowest BCUT2D eigenvalue weighted by atomic mass is 10.2. The molecule has 0 aliphatic carbocycles. The van der Waals surface area contributed by atoms with Gasteiger partial charge in [-0.25, -0.2) is 0 Å². The van der Waals surface area contributed by atoms with Crippen molar-refractivity contribution in [2.75, 3.05) is 32.3 Å². The number of benzene rings is 1. The smallest absolute Gasteiger partial charge is 0.144 e. The van der Waals surface area contributed by atoms with E-state index in [1.54, 1.807) is 26.4 Å². The van der Waals surface area contributed by atoms with E-state index in [9.17, 15) is 0 Å². The number of nitrogen functional groups attached to an aromatic ring is 1. The van der Waals surface area contributed by atoms with Gasteiger partial charge in [-0.2, -0.15) is 0 Å². The minimum absolute atomic E-state index is 0.568. The second-order valence-electron chi connectivity index (χ2n) is 2.54. The first-order chi connectivity index (χ1) is 6.22. The molecule has 0 radical (unpaired) electrons. The Morgan fingerprint density at radius 2 is 1.77 bits per heavy atom. The number of hydrogen-bond donors (Lipinski definition) is 2. The van der Waals surface area contributed by atoms with E-state index >= 15 is 0 Å². The maximum Gasteiger partial charge on any atom is 0.144 e. The topological polar surface area (TPSA) is 56.5 Å². The summed E-state index contributed by atoms with van der Waals surface area (Å²) < 4.78 is 10.2. The molecule has 0 amide bonds. The van der Waals surface area contributed by atoms with E-state index in [0.29, 0.717) is 17.2 Å². The van der Waals surface area contributed by atoms with Crippen molar-refractivity contribution < 1.29 is 9.47 Å². The molecule has 0 bridgehead atoms. The summed E-state index contributed by atoms with van der Waals surface area (Å²) in [6.45, 7) is 0. The molecule has 1 rings (SSSR count). The average molecular weight is 182 g/mol. The van der Waals surface area contributed by atoms with Crippen molar-refractivity contribution in [3.8, 4) is 11.5 Å². The molecule has 0 aliphatic rings. The number of methoxy groups -OCH3 is 2. The van der Waals surface area contributed by atoms with Gasteiger partial charge in [0, 0.05) is 19.2 Å². The molecular weight excluding hydrogens is 168 g/mol. The van der Waals surface area contributed by atoms with Crippen molar-refractivity contribution in [1.29, 1.82) is 0 Å². The summed E-state index contributed by atoms with van der Waals surface area (Å²) in [6.07, 6.45) is 0. The highest BCUT2D eigenvalue weighted by Crippen LogP contribution is 2.33. The van der Waals surface area contributed by atoms with Crippen molar-refractivity contribution >= 4 is 11.4 Å². The molecule has 0 aromatic heterocycles. The molecule has 1 aromatic carbocycles. The highest BCUT2D eigenvalue weighted by Gasteiger charge is 2.06. The number of nitrogens with one attached hydrogen (secondary N) is 1. The van der Waals surface area contributed by atoms with Gasteiger partial charge in [-0.3, -0.25) is 0 Å². The Hall–Kier alpha value is -1.58. The molecule has 1 aromatic rings. The van der Waals surface area contributed by atoms with Crippen LogP contribution in [0.4, 0.5) is 11.4 Å². The van der Waals surface area contributed by atoms with Crippen LogP contribution in [0, 0.1) is 0 Å². The van der Waals surface area contributed by atoms with Gasteiger partial charge in [0.1, 0.15) is 11.5 Å². The zero-order valence-corrected chi connectivity index (χ0v) is 8.05. The molecule has 0 saturated heterocycles. The number of hydrogen-bond acceptors (Lipinski definition) is 4. The fourth-order valence-corrected chi connectivity index (χ4v) is 1.12. The van der Waals surface area contributed by atoms with Crippen LogP contribution in [0.3, 0.4) is 0 Å². The molecule has 3 N–H and O–H groups in total. The summed E-state index contributed by atoms with van der Waals surface area (Å²) in [7, 11) is 4.99. The van der Waals surface area contributed by atoms with E-state index in [4.69, 9.17) is 15.2 Å². The minimum Gasteiger partial charge on any atom is -0.495 e. The van der Waals surface area contributed by atoms with E-state index in [2.05, 4.69) is 5.32 Å². The van der Waals surface area contributed by atoms with Gasteiger partial charge in [0.05, 0.1) is 25.6 Å². The van der Waals surface area contributed by atoms with E-state index in [0.717, 1.165) is 5.69 Å². The average Bonchev–Trinajstić information content (AvgIpc) is 2.17. The first kappa shape index (κ1) is 9.51. The monoisotopic (exact) mass is 182 g/mol. The van der Waals surface area contributed by atoms with Gasteiger partial charge in [-0.1, -0.05) is 0 Å². The SMILES string of the molecule is CNc1cc(OC)c(N)cc1OC. The van der Waals surface area contributed by atoms with E-state index in [1.807, 2.05) is 7.05 Å². The maximum absolute atomic E-state index is 5.70. The Labute approximate surface area is 77.6 Å². The predicted molar refractivity (Wildman–Crippen MR) is 53.5 cm³/mol. The highest BCUT2D eigenvalue weighted by atomic mass is 16.5. The van der Waals surface area contributed by atoms with Crippen molar-refractivity contribution in [2.24, 2.45) is 0 Å². The van der Waals surface area contributed by atoms with E-state index < -0.39 is 0 Å². The van der Waals surface area contributed by atoms with Crippen LogP contribution in [0.2, 0.25) is 0 Å². The van der Waals surface area contributed by atoms with Gasteiger partial charge in [0.15, 0.2) is 0 Å². The molecule has 13 heavy (non-hydrogen) atoms. The van der Waals surface area contributed by atoms with Crippen molar-refractivity contribution in [2.45, 2.75) is 0 Å². The van der Waals surface area contributed by atoms with Crippen LogP contribution >= 0.6 is 0 Å². The summed E-state index contributed by atoms with van der Waals surface area (Å²) >= 11 is 0. The molecule has 0 saturated carbocycles. The first-order valence-electron chi connectivity index (χ1n) is 3.92. The first-order valence-corrected chi connectivity index (χ1v) is 3.92. The van der Waals surface area contributed by atoms with Crippen LogP contribution in [0.15, 0.2) is 12.1 Å². The number of rotatable bonds is 3. The third-order valence-corrected chi connectivity index (χ3v) is 1.82. The number of ether oxygens (including phenoxy) is 2. The third-order valence-electron chi connectivity index (χ3n) is 1.82. The fourth-order valence-electron chi connectivity index (χ4n) is 1.12. The molecule has 0 spiro atoms. The van der Waals surface area contributed by atoms with Crippen molar-refractivity contribution in [3.05, 3.63) is 12.1 Å². The summed E-state index contributed by atoms with van der Waals surface area (Å²) in [4.78, 5) is 0. The lowest BCUT2D eigenvalue weighted by Crippen LogP contribution is -1.98. The van der Waals surface area contributed by atoms with Crippen LogP contribution in [0.5, 0.6) is 11.5 Å². The minimum atomic E-state index is 0.568. The molecule has 0 heterocycles. The van der Waals surface area contributed by atoms with E-state index in [1.165, 1.54) is 0 Å². The molecule has 0 fully saturated rings. The Morgan fingerprint density at radius 1 is 1.15 bits per heavy atom. The second kappa shape index (κ2) is 3.89. The van der Waals surface area contributed by atoms with Crippen LogP contribution in [-0.4, -0.2) is 21.3 Å². The summed E-state index contributed by atoms with van der Waals surface area (Å²) in [5.74, 6) is 1.35. The Balaban J connectivity index is 3.18. The zero-order chi connectivity index (χ0) is 9.84. The maximum atomic E-state index is 5.70. The van der Waals surface area contributed by atoms with Gasteiger partial charge in [-0.05, 0) is 0 Å². The van der Waals surface area contributed by atoms with Gasteiger partial charge in [0.25, 0.3) is 0 Å². The highest BCUT2D eigenvalue weighted by molar-refractivity contribution is 5.69. The van der Waals surface area contributed by atoms with Gasteiger partial charge < -0.3 is 20.5 Å². The van der Waals surface area contributed by atoms with Gasteiger partial charge in [-0.15, -0.1) is 0 Å². The summed E-state index contributed by atoms with van der Waals surface area (Å²) in [5.41, 5.74) is 7.12. The summed E-state index contributed by atoms with van der Waals surface area (Å²) in [6, 6.07) is 3.53. The van der Waals surface area contributed by atoms with Gasteiger partial charge >= 0.3 is 0 Å². The quantitative estimate of drug-likeness (QED) is 0.692. The van der Waals surface area contributed by atoms with Crippen molar-refractivity contribution in [1.82, 2.24) is 0 Å². The lowest BCUT2D eigenvalue weighted by Gasteiger charge is -2.11. The van der Waals surface area contributed by atoms with E-state index in [-0.39, 0.29) is 0 Å². The Bertz CT molecular complexity index is 300. The molecule has 72 valence electrons. The lowest BCUT2D eigenvalue weighted by molar-refractivity contribution is 0.406. The molecular formula is C9H14N2O2. The molecule has 0 unspecified atom stereocenters. The van der Waals surface area contributed by atoms with Crippen LogP contribution in [0.1, 0.15) is 0 Å². The molecule has 4 nitrogen and oxygen atoms in total. The predicted octanol–water partition coefficient (Wildman–Crippen LogP) is 1.33. The normalized spacial score (nSPS) is 9.46. The largest absolute Gasteiger partial charge is 0.495 e. The second-order valence-corrected chi connectivity index (χ2v) is 2.54. The van der Waals surface area contributed by atoms with Crippen molar-refractivity contribution in [3.63, 3.8) is 0 Å². The molecule has 0 atom stereocenters. The third kappa shape index (κ3) is 1.77.